The van der Waals surface area contributed by atoms with E-state index in [-0.39, 0.29) is 12.2 Å². The second-order valence-corrected chi connectivity index (χ2v) is 9.59. The molecule has 0 aliphatic carbocycles. The van der Waals surface area contributed by atoms with Gasteiger partial charge in [-0.1, -0.05) is 109 Å². The first-order valence-electron chi connectivity index (χ1n) is 13.8. The monoisotopic (exact) mass is 528 g/mol. The summed E-state index contributed by atoms with van der Waals surface area (Å²) in [5.74, 6) is 0. The van der Waals surface area contributed by atoms with E-state index in [0.717, 1.165) is 36.0 Å². The largest absolute Gasteiger partial charge is 0.374 e. The third-order valence-corrected chi connectivity index (χ3v) is 6.53. The van der Waals surface area contributed by atoms with Crippen LogP contribution in [0.3, 0.4) is 0 Å². The molecule has 0 saturated carbocycles. The minimum atomic E-state index is -0.572. The van der Waals surface area contributed by atoms with E-state index in [2.05, 4.69) is 49.1 Å². The lowest BCUT2D eigenvalue weighted by Crippen LogP contribution is -2.39. The molecule has 4 atom stereocenters. The minimum Gasteiger partial charge on any atom is -0.374 e. The van der Waals surface area contributed by atoms with Crippen molar-refractivity contribution in [3.8, 4) is 0 Å². The van der Waals surface area contributed by atoms with Crippen LogP contribution in [0.4, 0.5) is 0 Å². The van der Waals surface area contributed by atoms with Crippen LogP contribution < -0.4 is 0 Å². The van der Waals surface area contributed by atoms with Gasteiger partial charge in [0.25, 0.3) is 0 Å². The van der Waals surface area contributed by atoms with Crippen molar-refractivity contribution < 1.29 is 23.7 Å². The third-order valence-electron chi connectivity index (χ3n) is 6.53. The molecule has 1 aliphatic rings. The van der Waals surface area contributed by atoms with Crippen LogP contribution in [-0.4, -0.2) is 37.8 Å². The Hall–Kier alpha value is -3.06. The molecular weight excluding hydrogens is 488 g/mol. The summed E-state index contributed by atoms with van der Waals surface area (Å²) in [5, 5.41) is 0. The molecule has 0 bridgehead atoms. The fourth-order valence-corrected chi connectivity index (χ4v) is 4.45. The summed E-state index contributed by atoms with van der Waals surface area (Å²) in [6, 6.07) is 30.4. The van der Waals surface area contributed by atoms with Crippen LogP contribution >= 0.6 is 0 Å². The first kappa shape index (κ1) is 28.9. The molecular formula is C34H40O5. The zero-order valence-corrected chi connectivity index (χ0v) is 22.6. The van der Waals surface area contributed by atoms with Crippen molar-refractivity contribution in [2.24, 2.45) is 0 Å². The lowest BCUT2D eigenvalue weighted by Gasteiger charge is -2.25. The van der Waals surface area contributed by atoms with E-state index in [1.807, 2.05) is 66.7 Å². The summed E-state index contributed by atoms with van der Waals surface area (Å²) in [6.07, 6.45) is 7.55. The van der Waals surface area contributed by atoms with Crippen molar-refractivity contribution in [2.75, 3.05) is 13.2 Å². The van der Waals surface area contributed by atoms with Gasteiger partial charge in [0.2, 0.25) is 0 Å². The van der Waals surface area contributed by atoms with Gasteiger partial charge < -0.3 is 23.7 Å². The molecule has 5 heteroatoms. The summed E-state index contributed by atoms with van der Waals surface area (Å²) in [5.41, 5.74) is 3.29. The number of ether oxygens (including phenoxy) is 5. The van der Waals surface area contributed by atoms with Crippen molar-refractivity contribution in [1.82, 2.24) is 0 Å². The molecule has 1 fully saturated rings. The van der Waals surface area contributed by atoms with E-state index in [1.165, 1.54) is 0 Å². The predicted octanol–water partition coefficient (Wildman–Crippen LogP) is 7.03. The highest BCUT2D eigenvalue weighted by atomic mass is 16.7. The van der Waals surface area contributed by atoms with Gasteiger partial charge in [-0.25, -0.2) is 0 Å². The van der Waals surface area contributed by atoms with Crippen LogP contribution in [0.2, 0.25) is 0 Å². The van der Waals surface area contributed by atoms with E-state index >= 15 is 0 Å². The molecule has 3 aromatic rings. The van der Waals surface area contributed by atoms with Crippen LogP contribution in [0.25, 0.3) is 0 Å². The Kier molecular flexibility index (Phi) is 12.5. The van der Waals surface area contributed by atoms with Gasteiger partial charge in [-0.15, -0.1) is 6.58 Å². The molecule has 206 valence electrons. The summed E-state index contributed by atoms with van der Waals surface area (Å²) < 4.78 is 31.6. The Morgan fingerprint density at radius 2 is 1.21 bits per heavy atom. The molecule has 1 aliphatic heterocycles. The summed E-state index contributed by atoms with van der Waals surface area (Å²) >= 11 is 0. The van der Waals surface area contributed by atoms with Gasteiger partial charge in [0.1, 0.15) is 18.3 Å². The molecule has 0 spiro atoms. The second-order valence-electron chi connectivity index (χ2n) is 9.59. The number of unbranched alkanes of at least 4 members (excludes halogenated alkanes) is 2. The molecule has 0 radical (unpaired) electrons. The maximum absolute atomic E-state index is 6.47. The average Bonchev–Trinajstić information content (AvgIpc) is 3.32. The van der Waals surface area contributed by atoms with E-state index in [1.54, 1.807) is 0 Å². The Morgan fingerprint density at radius 3 is 1.79 bits per heavy atom. The van der Waals surface area contributed by atoms with E-state index < -0.39 is 12.4 Å². The minimum absolute atomic E-state index is 0.334. The topological polar surface area (TPSA) is 46.2 Å². The van der Waals surface area contributed by atoms with E-state index in [9.17, 15) is 0 Å². The molecule has 0 N–H and O–H groups in total. The van der Waals surface area contributed by atoms with Crippen LogP contribution in [0.1, 0.15) is 36.0 Å². The highest BCUT2D eigenvalue weighted by Crippen LogP contribution is 2.30. The van der Waals surface area contributed by atoms with Crippen LogP contribution in [0.15, 0.2) is 116 Å². The lowest BCUT2D eigenvalue weighted by molar-refractivity contribution is -0.179. The molecule has 0 unspecified atom stereocenters. The number of rotatable bonds is 17. The SMILES string of the molecule is C=CCCC/C=C/CO[C@H]1O[C@H](COCc2ccccc2)[C@@H](OCc2ccccc2)[C@@H]1OCc1ccccc1. The summed E-state index contributed by atoms with van der Waals surface area (Å²) in [7, 11) is 0. The Balaban J connectivity index is 1.44. The smallest absolute Gasteiger partial charge is 0.187 e. The van der Waals surface area contributed by atoms with Gasteiger partial charge in [-0.05, 0) is 36.0 Å². The highest BCUT2D eigenvalue weighted by Gasteiger charge is 2.47. The number of hydrogen-bond donors (Lipinski definition) is 0. The van der Waals surface area contributed by atoms with Crippen molar-refractivity contribution in [2.45, 2.75) is 63.7 Å². The maximum atomic E-state index is 6.47. The van der Waals surface area contributed by atoms with Gasteiger partial charge in [-0.2, -0.15) is 0 Å². The Labute approximate surface area is 233 Å². The molecule has 39 heavy (non-hydrogen) atoms. The zero-order chi connectivity index (χ0) is 27.0. The van der Waals surface area contributed by atoms with Gasteiger partial charge in [0.05, 0.1) is 33.0 Å². The van der Waals surface area contributed by atoms with Crippen LogP contribution in [0.5, 0.6) is 0 Å². The van der Waals surface area contributed by atoms with Crippen LogP contribution in [-0.2, 0) is 43.5 Å². The maximum Gasteiger partial charge on any atom is 0.187 e. The predicted molar refractivity (Wildman–Crippen MR) is 154 cm³/mol. The molecule has 5 nitrogen and oxygen atoms in total. The lowest BCUT2D eigenvalue weighted by atomic mass is 10.1. The third kappa shape index (κ3) is 9.88. The highest BCUT2D eigenvalue weighted by molar-refractivity contribution is 5.15. The number of benzene rings is 3. The Bertz CT molecular complexity index is 1090. The van der Waals surface area contributed by atoms with Crippen molar-refractivity contribution in [3.05, 3.63) is 132 Å². The fraction of sp³-hybridized carbons (Fsp3) is 0.353. The normalized spacial score (nSPS) is 20.9. The van der Waals surface area contributed by atoms with Gasteiger partial charge in [0.15, 0.2) is 6.29 Å². The molecule has 0 aromatic heterocycles. The van der Waals surface area contributed by atoms with Crippen LogP contribution in [0, 0.1) is 0 Å². The zero-order valence-electron chi connectivity index (χ0n) is 22.6. The first-order valence-corrected chi connectivity index (χ1v) is 13.8. The molecule has 4 rings (SSSR count). The van der Waals surface area contributed by atoms with E-state index in [0.29, 0.717) is 33.0 Å². The van der Waals surface area contributed by atoms with Gasteiger partial charge in [0, 0.05) is 0 Å². The number of hydrogen-bond acceptors (Lipinski definition) is 5. The van der Waals surface area contributed by atoms with Crippen molar-refractivity contribution in [3.63, 3.8) is 0 Å². The summed E-state index contributed by atoms with van der Waals surface area (Å²) in [6.45, 7) is 5.98. The molecule has 1 heterocycles. The molecule has 0 amide bonds. The number of allylic oxidation sites excluding steroid dienone is 2. The van der Waals surface area contributed by atoms with Gasteiger partial charge >= 0.3 is 0 Å². The average molecular weight is 529 g/mol. The Morgan fingerprint density at radius 1 is 0.641 bits per heavy atom. The fourth-order valence-electron chi connectivity index (χ4n) is 4.45. The van der Waals surface area contributed by atoms with Gasteiger partial charge in [-0.3, -0.25) is 0 Å². The second kappa shape index (κ2) is 16.8. The van der Waals surface area contributed by atoms with Crippen molar-refractivity contribution >= 4 is 0 Å². The van der Waals surface area contributed by atoms with Crippen molar-refractivity contribution in [1.29, 1.82) is 0 Å². The molecule has 3 aromatic carbocycles. The summed E-state index contributed by atoms with van der Waals surface area (Å²) in [4.78, 5) is 0. The quantitative estimate of drug-likeness (QED) is 0.139. The molecule has 1 saturated heterocycles. The standard InChI is InChI=1S/C34H40O5/c1-2-3-4-5-6-16-23-36-34-33(38-26-30-21-14-9-15-22-30)32(37-25-29-19-12-8-13-20-29)31(39-34)27-35-24-28-17-10-7-11-18-28/h2,6-22,31-34H,1,3-5,23-27H2/b16-6+/t31-,32-,33+,34+/m1/s1. The first-order chi connectivity index (χ1) is 19.3. The van der Waals surface area contributed by atoms with E-state index in [4.69, 9.17) is 23.7 Å².